The van der Waals surface area contributed by atoms with Crippen LogP contribution < -0.4 is 10.9 Å². The van der Waals surface area contributed by atoms with E-state index in [1.807, 2.05) is 35.2 Å². The monoisotopic (exact) mass is 367 g/mol. The predicted molar refractivity (Wildman–Crippen MR) is 104 cm³/mol. The molecule has 4 nitrogen and oxygen atoms in total. The first-order valence-corrected chi connectivity index (χ1v) is 9.37. The fourth-order valence-corrected chi connectivity index (χ4v) is 3.86. The van der Waals surface area contributed by atoms with Crippen LogP contribution in [0.3, 0.4) is 0 Å². The van der Waals surface area contributed by atoms with Crippen LogP contribution in [0.25, 0.3) is 5.57 Å². The molecule has 0 aromatic heterocycles. The van der Waals surface area contributed by atoms with Crippen molar-refractivity contribution in [3.8, 4) is 0 Å². The minimum atomic E-state index is -0.108. The standard InChI is InChI=1S/C21H22ClN3O/c22-18-8-6-17(7-9-18)20-19(14-23-24-20)21(26)25-12-10-16(11-13-25)15-4-2-1-3-5-15/h1-10,19-20,23-24H,11-14H2. The van der Waals surface area contributed by atoms with E-state index in [4.69, 9.17) is 11.6 Å². The van der Waals surface area contributed by atoms with E-state index in [9.17, 15) is 4.79 Å². The summed E-state index contributed by atoms with van der Waals surface area (Å²) in [4.78, 5) is 15.1. The lowest BCUT2D eigenvalue weighted by atomic mass is 9.92. The van der Waals surface area contributed by atoms with Crippen molar-refractivity contribution in [2.45, 2.75) is 12.5 Å². The third-order valence-electron chi connectivity index (χ3n) is 5.19. The van der Waals surface area contributed by atoms with Gasteiger partial charge in [-0.15, -0.1) is 0 Å². The quantitative estimate of drug-likeness (QED) is 0.873. The molecule has 1 saturated heterocycles. The number of hydrogen-bond acceptors (Lipinski definition) is 3. The van der Waals surface area contributed by atoms with Crippen LogP contribution in [-0.4, -0.2) is 30.4 Å². The number of carbonyl (C=O) groups excluding carboxylic acids is 1. The third kappa shape index (κ3) is 3.54. The number of nitrogens with one attached hydrogen (secondary N) is 2. The molecule has 1 amide bonds. The van der Waals surface area contributed by atoms with Crippen LogP contribution in [0.4, 0.5) is 0 Å². The molecule has 0 bridgehead atoms. The number of hydrogen-bond donors (Lipinski definition) is 2. The van der Waals surface area contributed by atoms with E-state index in [1.165, 1.54) is 11.1 Å². The van der Waals surface area contributed by atoms with Crippen LogP contribution in [0, 0.1) is 5.92 Å². The summed E-state index contributed by atoms with van der Waals surface area (Å²) >= 11 is 5.99. The molecule has 2 aliphatic heterocycles. The van der Waals surface area contributed by atoms with Crippen molar-refractivity contribution in [1.29, 1.82) is 0 Å². The Morgan fingerprint density at radius 2 is 1.85 bits per heavy atom. The molecular formula is C21H22ClN3O. The van der Waals surface area contributed by atoms with Gasteiger partial charge in [0.15, 0.2) is 0 Å². The fourth-order valence-electron chi connectivity index (χ4n) is 3.73. The van der Waals surface area contributed by atoms with Gasteiger partial charge in [-0.05, 0) is 35.3 Å². The summed E-state index contributed by atoms with van der Waals surface area (Å²) in [5.74, 6) is 0.0914. The van der Waals surface area contributed by atoms with Crippen molar-refractivity contribution in [3.63, 3.8) is 0 Å². The van der Waals surface area contributed by atoms with Crippen molar-refractivity contribution in [2.24, 2.45) is 5.92 Å². The number of amides is 1. The first-order valence-electron chi connectivity index (χ1n) is 8.99. The minimum Gasteiger partial charge on any atom is -0.338 e. The topological polar surface area (TPSA) is 44.4 Å². The van der Waals surface area contributed by atoms with Gasteiger partial charge in [-0.2, -0.15) is 0 Å². The maximum atomic E-state index is 13.1. The van der Waals surface area contributed by atoms with Crippen LogP contribution in [0.15, 0.2) is 60.7 Å². The Morgan fingerprint density at radius 1 is 1.08 bits per heavy atom. The molecule has 0 aliphatic carbocycles. The largest absolute Gasteiger partial charge is 0.338 e. The second-order valence-electron chi connectivity index (χ2n) is 6.79. The Morgan fingerprint density at radius 3 is 2.54 bits per heavy atom. The van der Waals surface area contributed by atoms with Crippen molar-refractivity contribution < 1.29 is 4.79 Å². The summed E-state index contributed by atoms with van der Waals surface area (Å²) in [5, 5.41) is 0.706. The molecule has 26 heavy (non-hydrogen) atoms. The van der Waals surface area contributed by atoms with Crippen molar-refractivity contribution in [3.05, 3.63) is 76.8 Å². The Hall–Kier alpha value is -2.14. The molecule has 0 spiro atoms. The van der Waals surface area contributed by atoms with Gasteiger partial charge in [0.2, 0.25) is 5.91 Å². The fraction of sp³-hybridized carbons (Fsp3) is 0.286. The lowest BCUT2D eigenvalue weighted by Gasteiger charge is -2.30. The lowest BCUT2D eigenvalue weighted by Crippen LogP contribution is -2.41. The lowest BCUT2D eigenvalue weighted by molar-refractivity contribution is -0.135. The van der Waals surface area contributed by atoms with Crippen LogP contribution in [0.5, 0.6) is 0 Å². The first-order chi connectivity index (χ1) is 12.7. The van der Waals surface area contributed by atoms with Gasteiger partial charge >= 0.3 is 0 Å². The molecule has 2 aromatic rings. The maximum absolute atomic E-state index is 13.1. The number of benzene rings is 2. The SMILES string of the molecule is O=C(C1CNNC1c1ccc(Cl)cc1)N1CC=C(c2ccccc2)CC1. The molecule has 2 aromatic carbocycles. The smallest absolute Gasteiger partial charge is 0.229 e. The summed E-state index contributed by atoms with van der Waals surface area (Å²) in [7, 11) is 0. The molecule has 2 heterocycles. The van der Waals surface area contributed by atoms with E-state index < -0.39 is 0 Å². The number of rotatable bonds is 3. The molecule has 0 radical (unpaired) electrons. The minimum absolute atomic E-state index is 0.0285. The van der Waals surface area contributed by atoms with E-state index in [0.29, 0.717) is 18.1 Å². The van der Waals surface area contributed by atoms with E-state index in [2.05, 4.69) is 41.2 Å². The van der Waals surface area contributed by atoms with Gasteiger partial charge in [0.1, 0.15) is 0 Å². The van der Waals surface area contributed by atoms with Crippen molar-refractivity contribution >= 4 is 23.1 Å². The number of nitrogens with zero attached hydrogens (tertiary/aromatic N) is 1. The normalized spacial score (nSPS) is 23.0. The first kappa shape index (κ1) is 17.3. The number of halogens is 1. The van der Waals surface area contributed by atoms with E-state index in [-0.39, 0.29) is 17.9 Å². The molecule has 2 unspecified atom stereocenters. The molecule has 2 aliphatic rings. The molecule has 1 fully saturated rings. The van der Waals surface area contributed by atoms with Crippen molar-refractivity contribution in [1.82, 2.24) is 15.8 Å². The highest BCUT2D eigenvalue weighted by Gasteiger charge is 2.36. The molecule has 2 atom stereocenters. The molecule has 5 heteroatoms. The Kier molecular flexibility index (Phi) is 5.07. The van der Waals surface area contributed by atoms with E-state index in [1.54, 1.807) is 0 Å². The molecule has 134 valence electrons. The van der Waals surface area contributed by atoms with E-state index >= 15 is 0 Å². The van der Waals surface area contributed by atoms with Crippen LogP contribution in [0.1, 0.15) is 23.6 Å². The summed E-state index contributed by atoms with van der Waals surface area (Å²) in [6.07, 6.45) is 3.08. The zero-order valence-corrected chi connectivity index (χ0v) is 15.2. The zero-order chi connectivity index (χ0) is 17.9. The molecule has 0 saturated carbocycles. The van der Waals surface area contributed by atoms with Crippen molar-refractivity contribution in [2.75, 3.05) is 19.6 Å². The molecule has 2 N–H and O–H groups in total. The average Bonchev–Trinajstić information content (AvgIpc) is 3.19. The highest BCUT2D eigenvalue weighted by Crippen LogP contribution is 2.29. The summed E-state index contributed by atoms with van der Waals surface area (Å²) in [6, 6.07) is 18.1. The highest BCUT2D eigenvalue weighted by molar-refractivity contribution is 6.30. The zero-order valence-electron chi connectivity index (χ0n) is 14.5. The predicted octanol–water partition coefficient (Wildman–Crippen LogP) is 3.42. The maximum Gasteiger partial charge on any atom is 0.229 e. The summed E-state index contributed by atoms with van der Waals surface area (Å²) < 4.78 is 0. The van der Waals surface area contributed by atoms with Gasteiger partial charge in [-0.25, -0.2) is 5.43 Å². The van der Waals surface area contributed by atoms with Gasteiger partial charge in [0.25, 0.3) is 0 Å². The highest BCUT2D eigenvalue weighted by atomic mass is 35.5. The van der Waals surface area contributed by atoms with Gasteiger partial charge in [-0.3, -0.25) is 10.2 Å². The Bertz CT molecular complexity index is 804. The second kappa shape index (κ2) is 7.62. The molecular weight excluding hydrogens is 346 g/mol. The average molecular weight is 368 g/mol. The van der Waals surface area contributed by atoms with Gasteiger partial charge in [0, 0.05) is 24.7 Å². The summed E-state index contributed by atoms with van der Waals surface area (Å²) in [5.41, 5.74) is 10.0. The Balaban J connectivity index is 1.46. The van der Waals surface area contributed by atoms with Crippen LogP contribution in [-0.2, 0) is 4.79 Å². The molecule has 4 rings (SSSR count). The van der Waals surface area contributed by atoms with Gasteiger partial charge in [0.05, 0.1) is 12.0 Å². The van der Waals surface area contributed by atoms with Gasteiger partial charge < -0.3 is 4.90 Å². The third-order valence-corrected chi connectivity index (χ3v) is 5.45. The van der Waals surface area contributed by atoms with E-state index in [0.717, 1.165) is 18.5 Å². The Labute approximate surface area is 158 Å². The van der Waals surface area contributed by atoms with Crippen LogP contribution in [0.2, 0.25) is 5.02 Å². The second-order valence-corrected chi connectivity index (χ2v) is 7.23. The number of hydrazine groups is 1. The summed E-state index contributed by atoms with van der Waals surface area (Å²) in [6.45, 7) is 2.08. The van der Waals surface area contributed by atoms with Gasteiger partial charge in [-0.1, -0.05) is 60.1 Å². The van der Waals surface area contributed by atoms with Crippen LogP contribution >= 0.6 is 11.6 Å². The number of carbonyl (C=O) groups is 1.